The van der Waals surface area contributed by atoms with E-state index in [9.17, 15) is 0 Å². The first kappa shape index (κ1) is 11.4. The second kappa shape index (κ2) is 5.31. The minimum Gasteiger partial charge on any atom is -0.314 e. The predicted molar refractivity (Wildman–Crippen MR) is 65.0 cm³/mol. The lowest BCUT2D eigenvalue weighted by Gasteiger charge is -2.33. The van der Waals surface area contributed by atoms with Gasteiger partial charge in [0.2, 0.25) is 0 Å². The molecule has 0 bridgehead atoms. The summed E-state index contributed by atoms with van der Waals surface area (Å²) >= 11 is 0. The van der Waals surface area contributed by atoms with E-state index in [2.05, 4.69) is 24.1 Å². The fourth-order valence-corrected chi connectivity index (χ4v) is 2.62. The van der Waals surface area contributed by atoms with Gasteiger partial charge in [-0.15, -0.1) is 0 Å². The van der Waals surface area contributed by atoms with Gasteiger partial charge in [0.25, 0.3) is 0 Å². The molecule has 0 spiro atoms. The molecular weight excluding hydrogens is 184 g/mol. The zero-order chi connectivity index (χ0) is 10.7. The molecule has 88 valence electrons. The van der Waals surface area contributed by atoms with Crippen LogP contribution in [0.5, 0.6) is 0 Å². The molecule has 2 heteroatoms. The Hall–Kier alpha value is -0.0800. The van der Waals surface area contributed by atoms with Crippen LogP contribution in [0.4, 0.5) is 0 Å². The van der Waals surface area contributed by atoms with Crippen LogP contribution >= 0.6 is 0 Å². The van der Waals surface area contributed by atoms with Crippen LogP contribution in [0.15, 0.2) is 0 Å². The second-order valence-electron chi connectivity index (χ2n) is 5.84. The van der Waals surface area contributed by atoms with Crippen LogP contribution < -0.4 is 5.32 Å². The van der Waals surface area contributed by atoms with Crippen LogP contribution in [-0.2, 0) is 0 Å². The minimum absolute atomic E-state index is 0.820. The smallest absolute Gasteiger partial charge is 0.00683 e. The molecule has 1 N–H and O–H groups in total. The largest absolute Gasteiger partial charge is 0.314 e. The van der Waals surface area contributed by atoms with E-state index in [0.717, 1.165) is 17.9 Å². The van der Waals surface area contributed by atoms with Crippen molar-refractivity contribution in [2.45, 2.75) is 45.6 Å². The van der Waals surface area contributed by atoms with Crippen molar-refractivity contribution in [3.8, 4) is 0 Å². The van der Waals surface area contributed by atoms with Gasteiger partial charge in [-0.2, -0.15) is 0 Å². The van der Waals surface area contributed by atoms with Crippen molar-refractivity contribution in [2.24, 2.45) is 11.8 Å². The quantitative estimate of drug-likeness (QED) is 0.747. The summed E-state index contributed by atoms with van der Waals surface area (Å²) in [6, 6.07) is 0.880. The highest BCUT2D eigenvalue weighted by Gasteiger charge is 2.24. The number of hydrogen-bond donors (Lipinski definition) is 1. The third kappa shape index (κ3) is 4.12. The highest BCUT2D eigenvalue weighted by atomic mass is 15.1. The van der Waals surface area contributed by atoms with Gasteiger partial charge in [0, 0.05) is 19.1 Å². The van der Waals surface area contributed by atoms with Crippen molar-refractivity contribution in [1.82, 2.24) is 10.2 Å². The van der Waals surface area contributed by atoms with Gasteiger partial charge < -0.3 is 10.2 Å². The molecule has 2 nitrogen and oxygen atoms in total. The van der Waals surface area contributed by atoms with Crippen LogP contribution in [-0.4, -0.2) is 37.1 Å². The van der Waals surface area contributed by atoms with Crippen LogP contribution in [0.1, 0.15) is 39.5 Å². The molecular formula is C13H26N2. The lowest BCUT2D eigenvalue weighted by atomic mass is 9.97. The molecule has 0 radical (unpaired) electrons. The number of piperidine rings is 1. The van der Waals surface area contributed by atoms with E-state index < -0.39 is 0 Å². The Balaban J connectivity index is 1.66. The van der Waals surface area contributed by atoms with E-state index in [4.69, 9.17) is 0 Å². The molecule has 1 heterocycles. The van der Waals surface area contributed by atoms with Gasteiger partial charge in [-0.1, -0.05) is 13.8 Å². The summed E-state index contributed by atoms with van der Waals surface area (Å²) < 4.78 is 0. The first-order valence-corrected chi connectivity index (χ1v) is 6.70. The normalized spacial score (nSPS) is 28.6. The average Bonchev–Trinajstić information content (AvgIpc) is 2.97. The van der Waals surface area contributed by atoms with E-state index >= 15 is 0 Å². The van der Waals surface area contributed by atoms with Crippen molar-refractivity contribution in [1.29, 1.82) is 0 Å². The molecule has 2 aliphatic rings. The van der Waals surface area contributed by atoms with Gasteiger partial charge in [0.1, 0.15) is 0 Å². The minimum atomic E-state index is 0.820. The Morgan fingerprint density at radius 1 is 1.27 bits per heavy atom. The van der Waals surface area contributed by atoms with Crippen LogP contribution in [0.2, 0.25) is 0 Å². The van der Waals surface area contributed by atoms with Gasteiger partial charge >= 0.3 is 0 Å². The van der Waals surface area contributed by atoms with Gasteiger partial charge in [-0.05, 0) is 50.6 Å². The first-order valence-electron chi connectivity index (χ1n) is 6.70. The summed E-state index contributed by atoms with van der Waals surface area (Å²) in [6.45, 7) is 9.87. The van der Waals surface area contributed by atoms with E-state index in [0.29, 0.717) is 0 Å². The van der Waals surface area contributed by atoms with Crippen molar-refractivity contribution in [3.63, 3.8) is 0 Å². The summed E-state index contributed by atoms with van der Waals surface area (Å²) in [6.07, 6.45) is 5.68. The molecule has 0 aromatic rings. The standard InChI is InChI=1S/C13H26N2/c1-11(2)9-15-7-3-4-12(10-15)8-14-13-5-6-13/h11-14H,3-10H2,1-2H3. The Kier molecular flexibility index (Phi) is 4.04. The van der Waals surface area contributed by atoms with Crippen molar-refractivity contribution in [3.05, 3.63) is 0 Å². The SMILES string of the molecule is CC(C)CN1CCCC(CNC2CC2)C1. The van der Waals surface area contributed by atoms with Gasteiger partial charge in [0.05, 0.1) is 0 Å². The zero-order valence-corrected chi connectivity index (χ0v) is 10.3. The molecule has 0 aromatic heterocycles. The topological polar surface area (TPSA) is 15.3 Å². The lowest BCUT2D eigenvalue weighted by molar-refractivity contribution is 0.156. The monoisotopic (exact) mass is 210 g/mol. The molecule has 0 amide bonds. The number of likely N-dealkylation sites (tertiary alicyclic amines) is 1. The van der Waals surface area contributed by atoms with E-state index in [1.807, 2.05) is 0 Å². The number of rotatable bonds is 5. The molecule has 2 fully saturated rings. The highest BCUT2D eigenvalue weighted by Crippen LogP contribution is 2.21. The third-order valence-electron chi connectivity index (χ3n) is 3.50. The maximum Gasteiger partial charge on any atom is 0.00683 e. The molecule has 0 aromatic carbocycles. The lowest BCUT2D eigenvalue weighted by Crippen LogP contribution is -2.41. The second-order valence-corrected chi connectivity index (χ2v) is 5.84. The van der Waals surface area contributed by atoms with Gasteiger partial charge in [0.15, 0.2) is 0 Å². The molecule has 15 heavy (non-hydrogen) atoms. The molecule has 1 aliphatic heterocycles. The summed E-state index contributed by atoms with van der Waals surface area (Å²) in [5.41, 5.74) is 0. The summed E-state index contributed by atoms with van der Waals surface area (Å²) in [5, 5.41) is 3.67. The highest BCUT2D eigenvalue weighted by molar-refractivity contribution is 4.83. The fourth-order valence-electron chi connectivity index (χ4n) is 2.62. The molecule has 1 unspecified atom stereocenters. The summed E-state index contributed by atoms with van der Waals surface area (Å²) in [5.74, 6) is 1.73. The molecule has 1 atom stereocenters. The Morgan fingerprint density at radius 2 is 2.07 bits per heavy atom. The number of nitrogens with one attached hydrogen (secondary N) is 1. The molecule has 2 rings (SSSR count). The van der Waals surface area contributed by atoms with E-state index in [1.165, 1.54) is 51.9 Å². The van der Waals surface area contributed by atoms with Crippen LogP contribution in [0, 0.1) is 11.8 Å². The van der Waals surface area contributed by atoms with Crippen LogP contribution in [0.3, 0.4) is 0 Å². The summed E-state index contributed by atoms with van der Waals surface area (Å²) in [7, 11) is 0. The maximum atomic E-state index is 3.67. The van der Waals surface area contributed by atoms with Crippen molar-refractivity contribution >= 4 is 0 Å². The Bertz CT molecular complexity index is 187. The van der Waals surface area contributed by atoms with E-state index in [-0.39, 0.29) is 0 Å². The molecule has 1 saturated carbocycles. The third-order valence-corrected chi connectivity index (χ3v) is 3.50. The van der Waals surface area contributed by atoms with Crippen molar-refractivity contribution < 1.29 is 0 Å². The van der Waals surface area contributed by atoms with E-state index in [1.54, 1.807) is 0 Å². The first-order chi connectivity index (χ1) is 7.24. The Labute approximate surface area is 94.4 Å². The zero-order valence-electron chi connectivity index (χ0n) is 10.3. The van der Waals surface area contributed by atoms with Gasteiger partial charge in [-0.25, -0.2) is 0 Å². The number of nitrogens with zero attached hydrogens (tertiary/aromatic N) is 1. The Morgan fingerprint density at radius 3 is 2.73 bits per heavy atom. The fraction of sp³-hybridized carbons (Fsp3) is 1.00. The van der Waals surface area contributed by atoms with Gasteiger partial charge in [-0.3, -0.25) is 0 Å². The maximum absolute atomic E-state index is 3.67. The van der Waals surface area contributed by atoms with Crippen LogP contribution in [0.25, 0.3) is 0 Å². The molecule has 1 saturated heterocycles. The number of hydrogen-bond acceptors (Lipinski definition) is 2. The predicted octanol–water partition coefficient (Wildman–Crippen LogP) is 2.11. The van der Waals surface area contributed by atoms with Crippen molar-refractivity contribution in [2.75, 3.05) is 26.2 Å². The molecule has 1 aliphatic carbocycles. The summed E-state index contributed by atoms with van der Waals surface area (Å²) in [4.78, 5) is 2.66. The average molecular weight is 210 g/mol.